The van der Waals surface area contributed by atoms with Gasteiger partial charge in [-0.25, -0.2) is 0 Å². The number of unbranched alkanes of at least 4 members (excludes halogenated alkanes) is 6. The molecule has 1 heteroatoms. The van der Waals surface area contributed by atoms with Gasteiger partial charge in [0.05, 0.1) is 0 Å². The van der Waals surface area contributed by atoms with Crippen LogP contribution < -0.4 is 0 Å². The van der Waals surface area contributed by atoms with E-state index >= 15 is 0 Å². The zero-order chi connectivity index (χ0) is 9.94. The average Bonchev–Trinajstić information content (AvgIpc) is 2.16. The topological polar surface area (TPSA) is 0 Å². The highest BCUT2D eigenvalue weighted by Crippen LogP contribution is 2.13. The lowest BCUT2D eigenvalue weighted by Crippen LogP contribution is -1.95. The van der Waals surface area contributed by atoms with Crippen LogP contribution in [0.25, 0.3) is 0 Å². The Labute approximate surface area is 89.1 Å². The molecule has 0 spiro atoms. The molecule has 0 fully saturated rings. The van der Waals surface area contributed by atoms with Crippen LogP contribution in [-0.4, -0.2) is 5.88 Å². The molecule has 0 saturated carbocycles. The molecule has 0 radical (unpaired) electrons. The molecular weight excluding hydrogens is 180 g/mol. The summed E-state index contributed by atoms with van der Waals surface area (Å²) in [6, 6.07) is 0. The summed E-state index contributed by atoms with van der Waals surface area (Å²) in [6.45, 7) is 4.51. The van der Waals surface area contributed by atoms with E-state index in [4.69, 9.17) is 11.6 Å². The second-order valence-electron chi connectivity index (χ2n) is 4.17. The van der Waals surface area contributed by atoms with Gasteiger partial charge in [-0.15, -0.1) is 11.6 Å². The van der Waals surface area contributed by atoms with Gasteiger partial charge in [0.1, 0.15) is 0 Å². The van der Waals surface area contributed by atoms with E-state index in [1.165, 1.54) is 51.4 Å². The van der Waals surface area contributed by atoms with Gasteiger partial charge in [0.2, 0.25) is 0 Å². The van der Waals surface area contributed by atoms with E-state index < -0.39 is 0 Å². The van der Waals surface area contributed by atoms with Crippen molar-refractivity contribution in [3.63, 3.8) is 0 Å². The molecule has 13 heavy (non-hydrogen) atoms. The summed E-state index contributed by atoms with van der Waals surface area (Å²) in [5.41, 5.74) is 0. The SMILES string of the molecule is CCCCCCCCCC(C)CCl. The number of alkyl halides is 1. The van der Waals surface area contributed by atoms with E-state index in [2.05, 4.69) is 13.8 Å². The zero-order valence-corrected chi connectivity index (χ0v) is 10.1. The highest BCUT2D eigenvalue weighted by Gasteiger charge is 1.98. The Balaban J connectivity index is 2.91. The molecule has 0 saturated heterocycles. The van der Waals surface area contributed by atoms with Gasteiger partial charge in [0.15, 0.2) is 0 Å². The minimum absolute atomic E-state index is 0.720. The Morgan fingerprint density at radius 2 is 1.46 bits per heavy atom. The zero-order valence-electron chi connectivity index (χ0n) is 9.32. The number of hydrogen-bond donors (Lipinski definition) is 0. The van der Waals surface area contributed by atoms with Crippen molar-refractivity contribution in [1.29, 1.82) is 0 Å². The lowest BCUT2D eigenvalue weighted by molar-refractivity contribution is 0.514. The average molecular weight is 205 g/mol. The first kappa shape index (κ1) is 13.3. The predicted octanol–water partition coefficient (Wildman–Crippen LogP) is 5.00. The monoisotopic (exact) mass is 204 g/mol. The summed E-state index contributed by atoms with van der Waals surface area (Å²) in [5.74, 6) is 1.55. The lowest BCUT2D eigenvalue weighted by Gasteiger charge is -2.06. The van der Waals surface area contributed by atoms with Gasteiger partial charge in [-0.05, 0) is 12.3 Å². The van der Waals surface area contributed by atoms with Crippen LogP contribution in [-0.2, 0) is 0 Å². The molecule has 0 aliphatic heterocycles. The first-order chi connectivity index (χ1) is 6.31. The van der Waals surface area contributed by atoms with Crippen molar-refractivity contribution >= 4 is 11.6 Å². The van der Waals surface area contributed by atoms with Gasteiger partial charge in [-0.3, -0.25) is 0 Å². The third kappa shape index (κ3) is 10.2. The Hall–Kier alpha value is 0.290. The standard InChI is InChI=1S/C12H25Cl/c1-3-4-5-6-7-8-9-10-12(2)11-13/h12H,3-11H2,1-2H3. The number of halogens is 1. The summed E-state index contributed by atoms with van der Waals surface area (Å²) >= 11 is 5.73. The molecule has 0 bridgehead atoms. The van der Waals surface area contributed by atoms with Crippen molar-refractivity contribution in [1.82, 2.24) is 0 Å². The van der Waals surface area contributed by atoms with E-state index in [1.807, 2.05) is 0 Å². The van der Waals surface area contributed by atoms with E-state index in [1.54, 1.807) is 0 Å². The van der Waals surface area contributed by atoms with Crippen LogP contribution in [0.1, 0.15) is 65.2 Å². The molecule has 0 heterocycles. The maximum absolute atomic E-state index is 5.73. The fourth-order valence-corrected chi connectivity index (χ4v) is 1.68. The van der Waals surface area contributed by atoms with Crippen molar-refractivity contribution in [2.24, 2.45) is 5.92 Å². The second-order valence-corrected chi connectivity index (χ2v) is 4.48. The van der Waals surface area contributed by atoms with E-state index in [0.717, 1.165) is 11.8 Å². The first-order valence-corrected chi connectivity index (χ1v) is 6.40. The summed E-state index contributed by atoms with van der Waals surface area (Å²) in [6.07, 6.45) is 11.2. The van der Waals surface area contributed by atoms with Gasteiger partial charge in [-0.1, -0.05) is 58.8 Å². The van der Waals surface area contributed by atoms with E-state index in [0.29, 0.717) is 0 Å². The van der Waals surface area contributed by atoms with Gasteiger partial charge >= 0.3 is 0 Å². The molecule has 1 atom stereocenters. The maximum atomic E-state index is 5.73. The van der Waals surface area contributed by atoms with E-state index in [9.17, 15) is 0 Å². The highest BCUT2D eigenvalue weighted by atomic mass is 35.5. The summed E-state index contributed by atoms with van der Waals surface area (Å²) in [7, 11) is 0. The predicted molar refractivity (Wildman–Crippen MR) is 62.5 cm³/mol. The van der Waals surface area contributed by atoms with Crippen LogP contribution in [0, 0.1) is 5.92 Å². The number of rotatable bonds is 9. The Kier molecular flexibility index (Phi) is 10.6. The fourth-order valence-electron chi connectivity index (χ4n) is 1.53. The van der Waals surface area contributed by atoms with Crippen LogP contribution in [0.3, 0.4) is 0 Å². The fraction of sp³-hybridized carbons (Fsp3) is 1.00. The molecular formula is C12H25Cl. The Morgan fingerprint density at radius 3 is 2.00 bits per heavy atom. The van der Waals surface area contributed by atoms with Crippen molar-refractivity contribution in [3.8, 4) is 0 Å². The molecule has 0 aromatic carbocycles. The van der Waals surface area contributed by atoms with Gasteiger partial charge < -0.3 is 0 Å². The van der Waals surface area contributed by atoms with Crippen LogP contribution >= 0.6 is 11.6 Å². The van der Waals surface area contributed by atoms with Crippen LogP contribution in [0.5, 0.6) is 0 Å². The quantitative estimate of drug-likeness (QED) is 0.366. The molecule has 0 nitrogen and oxygen atoms in total. The summed E-state index contributed by atoms with van der Waals surface area (Å²) in [5, 5.41) is 0. The lowest BCUT2D eigenvalue weighted by atomic mass is 10.0. The highest BCUT2D eigenvalue weighted by molar-refractivity contribution is 6.18. The number of hydrogen-bond acceptors (Lipinski definition) is 0. The second kappa shape index (κ2) is 10.4. The van der Waals surface area contributed by atoms with E-state index in [-0.39, 0.29) is 0 Å². The molecule has 0 aromatic heterocycles. The van der Waals surface area contributed by atoms with Crippen molar-refractivity contribution in [2.45, 2.75) is 65.2 Å². The molecule has 80 valence electrons. The molecule has 0 N–H and O–H groups in total. The summed E-state index contributed by atoms with van der Waals surface area (Å²) in [4.78, 5) is 0. The minimum atomic E-state index is 0.720. The van der Waals surface area contributed by atoms with Gasteiger partial charge in [0.25, 0.3) is 0 Å². The van der Waals surface area contributed by atoms with Crippen molar-refractivity contribution in [2.75, 3.05) is 5.88 Å². The molecule has 1 unspecified atom stereocenters. The summed E-state index contributed by atoms with van der Waals surface area (Å²) < 4.78 is 0. The van der Waals surface area contributed by atoms with Crippen LogP contribution in [0.4, 0.5) is 0 Å². The van der Waals surface area contributed by atoms with Gasteiger partial charge in [0, 0.05) is 5.88 Å². The third-order valence-corrected chi connectivity index (χ3v) is 3.09. The normalized spacial score (nSPS) is 13.2. The largest absolute Gasteiger partial charge is 0.126 e. The minimum Gasteiger partial charge on any atom is -0.126 e. The Bertz CT molecular complexity index is 91.1. The van der Waals surface area contributed by atoms with Crippen molar-refractivity contribution < 1.29 is 0 Å². The Morgan fingerprint density at radius 1 is 0.923 bits per heavy atom. The molecule has 0 aromatic rings. The molecule has 0 aliphatic carbocycles. The molecule has 0 aliphatic rings. The van der Waals surface area contributed by atoms with Gasteiger partial charge in [-0.2, -0.15) is 0 Å². The first-order valence-electron chi connectivity index (χ1n) is 5.87. The smallest absolute Gasteiger partial charge is 0.0249 e. The maximum Gasteiger partial charge on any atom is 0.0249 e. The molecule has 0 amide bonds. The van der Waals surface area contributed by atoms with Crippen LogP contribution in [0.2, 0.25) is 0 Å². The molecule has 0 rings (SSSR count). The van der Waals surface area contributed by atoms with Crippen molar-refractivity contribution in [3.05, 3.63) is 0 Å². The third-order valence-electron chi connectivity index (χ3n) is 2.56. The van der Waals surface area contributed by atoms with Crippen LogP contribution in [0.15, 0.2) is 0 Å².